The van der Waals surface area contributed by atoms with Crippen LogP contribution < -0.4 is 0 Å². The smallest absolute Gasteiger partial charge is 0.309 e. The second-order valence-corrected chi connectivity index (χ2v) is 15.3. The lowest BCUT2D eigenvalue weighted by Gasteiger charge is -2.73. The number of aliphatic hydroxyl groups is 1. The van der Waals surface area contributed by atoms with Crippen LogP contribution in [0.25, 0.3) is 0 Å². The van der Waals surface area contributed by atoms with Crippen molar-refractivity contribution in [1.29, 1.82) is 0 Å². The molecule has 5 aliphatic carbocycles. The zero-order valence-corrected chi connectivity index (χ0v) is 24.2. The van der Waals surface area contributed by atoms with Crippen molar-refractivity contribution in [3.63, 3.8) is 0 Å². The molecule has 5 unspecified atom stereocenters. The molecule has 0 amide bonds. The van der Waals surface area contributed by atoms with Gasteiger partial charge in [0, 0.05) is 6.92 Å². The van der Waals surface area contributed by atoms with Gasteiger partial charge < -0.3 is 14.9 Å². The number of carboxylic acids is 1. The van der Waals surface area contributed by atoms with Crippen LogP contribution in [-0.4, -0.2) is 34.4 Å². The van der Waals surface area contributed by atoms with Gasteiger partial charge in [-0.2, -0.15) is 0 Å². The lowest BCUT2D eigenvalue weighted by atomic mass is 9.32. The van der Waals surface area contributed by atoms with E-state index in [-0.39, 0.29) is 33.5 Å². The number of esters is 1. The average molecular weight is 515 g/mol. The molecule has 0 radical (unpaired) electrons. The number of carbonyl (C=O) groups excluding carboxylic acids is 1. The Morgan fingerprint density at radius 3 is 2.14 bits per heavy atom. The predicted octanol–water partition coefficient (Wildman–Crippen LogP) is 6.63. The van der Waals surface area contributed by atoms with Crippen molar-refractivity contribution in [3.05, 3.63) is 12.2 Å². The predicted molar refractivity (Wildman–Crippen MR) is 144 cm³/mol. The number of allylic oxidation sites excluding steroid dienone is 1. The summed E-state index contributed by atoms with van der Waals surface area (Å²) in [4.78, 5) is 24.8. The summed E-state index contributed by atoms with van der Waals surface area (Å²) >= 11 is 0. The Morgan fingerprint density at radius 1 is 0.865 bits per heavy atom. The highest BCUT2D eigenvalue weighted by molar-refractivity contribution is 5.76. The van der Waals surface area contributed by atoms with Crippen molar-refractivity contribution in [2.24, 2.45) is 56.7 Å². The van der Waals surface area contributed by atoms with Gasteiger partial charge in [0.05, 0.1) is 11.5 Å². The summed E-state index contributed by atoms with van der Waals surface area (Å²) in [7, 11) is 0. The van der Waals surface area contributed by atoms with Crippen molar-refractivity contribution in [2.45, 2.75) is 118 Å². The first kappa shape index (κ1) is 27.2. The molecule has 0 bridgehead atoms. The molecule has 5 saturated carbocycles. The van der Waals surface area contributed by atoms with Gasteiger partial charge in [0.25, 0.3) is 0 Å². The fraction of sp³-hybridized carbons (Fsp3) is 0.875. The van der Waals surface area contributed by atoms with E-state index in [0.29, 0.717) is 30.1 Å². The molecule has 5 fully saturated rings. The number of hydrogen-bond donors (Lipinski definition) is 2. The van der Waals surface area contributed by atoms with E-state index in [1.54, 1.807) is 0 Å². The van der Waals surface area contributed by atoms with Crippen LogP contribution in [0.4, 0.5) is 0 Å². The van der Waals surface area contributed by atoms with E-state index in [4.69, 9.17) is 4.74 Å². The van der Waals surface area contributed by atoms with Gasteiger partial charge >= 0.3 is 11.9 Å². The average Bonchev–Trinajstić information content (AvgIpc) is 3.19. The Balaban J connectivity index is 1.56. The molecule has 0 aromatic rings. The minimum atomic E-state index is -0.661. The SMILES string of the molecule is C=C(C)C1CC[C@]2(C(=O)O)CC[C@]3(C)C(CCC4[C@@]5(C)C[C@@H](OC(C)=O)[C@H](O)C(C)(C)C5CC[C@]43C)C12. The molecule has 208 valence electrons. The van der Waals surface area contributed by atoms with Gasteiger partial charge in [-0.3, -0.25) is 9.59 Å². The number of carboxylic acid groups (broad SMARTS) is 1. The quantitative estimate of drug-likeness (QED) is 0.326. The maximum absolute atomic E-state index is 12.8. The Labute approximate surface area is 223 Å². The zero-order valence-electron chi connectivity index (χ0n) is 24.2. The standard InChI is InChI=1S/C32H50O5/c1-18(2)20-11-14-32(27(35)36)16-15-30(7)21(25(20)32)9-10-24-29(6)17-22(37-19(3)33)26(34)28(4,5)23(29)12-13-31(24,30)8/h20-26,34H,1,9-17H2,2-8H3,(H,35,36)/t20?,21?,22-,23?,24?,25?,26+,29+,30-,31-,32+/m1/s1. The van der Waals surface area contributed by atoms with Gasteiger partial charge in [0.2, 0.25) is 0 Å². The van der Waals surface area contributed by atoms with Gasteiger partial charge in [0.1, 0.15) is 6.10 Å². The zero-order chi connectivity index (χ0) is 27.3. The van der Waals surface area contributed by atoms with Gasteiger partial charge in [-0.25, -0.2) is 0 Å². The van der Waals surface area contributed by atoms with E-state index in [9.17, 15) is 19.8 Å². The van der Waals surface area contributed by atoms with Crippen molar-refractivity contribution in [2.75, 3.05) is 0 Å². The second kappa shape index (κ2) is 8.32. The molecule has 2 N–H and O–H groups in total. The lowest BCUT2D eigenvalue weighted by molar-refractivity contribution is -0.265. The van der Waals surface area contributed by atoms with E-state index >= 15 is 0 Å². The van der Waals surface area contributed by atoms with Crippen LogP contribution in [0.1, 0.15) is 106 Å². The lowest BCUT2D eigenvalue weighted by Crippen LogP contribution is -2.68. The molecule has 0 spiro atoms. The highest BCUT2D eigenvalue weighted by atomic mass is 16.6. The minimum Gasteiger partial charge on any atom is -0.481 e. The summed E-state index contributed by atoms with van der Waals surface area (Å²) in [6.07, 6.45) is 7.36. The molecule has 5 rings (SSSR count). The van der Waals surface area contributed by atoms with Gasteiger partial charge in [-0.05, 0) is 116 Å². The molecule has 5 aliphatic rings. The molecule has 0 aliphatic heterocycles. The van der Waals surface area contributed by atoms with E-state index in [1.807, 2.05) is 0 Å². The fourth-order valence-electron chi connectivity index (χ4n) is 11.9. The Hall–Kier alpha value is -1.36. The van der Waals surface area contributed by atoms with Crippen molar-refractivity contribution in [1.82, 2.24) is 0 Å². The third-order valence-electron chi connectivity index (χ3n) is 13.7. The molecule has 5 nitrogen and oxygen atoms in total. The number of hydrogen-bond acceptors (Lipinski definition) is 4. The minimum absolute atomic E-state index is 0.0470. The van der Waals surface area contributed by atoms with Crippen molar-refractivity contribution < 1.29 is 24.5 Å². The monoisotopic (exact) mass is 514 g/mol. The van der Waals surface area contributed by atoms with Gasteiger partial charge in [-0.15, -0.1) is 0 Å². The molecular weight excluding hydrogens is 464 g/mol. The molecule has 5 heteroatoms. The fourth-order valence-corrected chi connectivity index (χ4v) is 11.9. The molecule has 0 saturated heterocycles. The summed E-state index contributed by atoms with van der Waals surface area (Å²) in [6.45, 7) is 19.7. The largest absolute Gasteiger partial charge is 0.481 e. The number of carbonyl (C=O) groups is 2. The number of rotatable bonds is 3. The first-order valence-corrected chi connectivity index (χ1v) is 14.8. The Kier molecular flexibility index (Phi) is 6.12. The number of aliphatic carboxylic acids is 1. The van der Waals surface area contributed by atoms with Crippen molar-refractivity contribution in [3.8, 4) is 0 Å². The molecule has 0 aromatic carbocycles. The third-order valence-corrected chi connectivity index (χ3v) is 13.7. The van der Waals surface area contributed by atoms with Gasteiger partial charge in [-0.1, -0.05) is 46.8 Å². The maximum atomic E-state index is 12.8. The number of fused-ring (bicyclic) bond motifs is 7. The van der Waals surface area contributed by atoms with E-state index < -0.39 is 23.6 Å². The van der Waals surface area contributed by atoms with E-state index in [2.05, 4.69) is 48.1 Å². The van der Waals surface area contributed by atoms with Gasteiger partial charge in [0.15, 0.2) is 0 Å². The van der Waals surface area contributed by atoms with E-state index in [0.717, 1.165) is 56.9 Å². The van der Waals surface area contributed by atoms with Crippen LogP contribution in [0, 0.1) is 56.7 Å². The highest BCUT2D eigenvalue weighted by Crippen LogP contribution is 2.77. The van der Waals surface area contributed by atoms with Crippen LogP contribution in [0.15, 0.2) is 12.2 Å². The summed E-state index contributed by atoms with van der Waals surface area (Å²) in [5.74, 6) is 0.754. The Bertz CT molecular complexity index is 1000. The van der Waals surface area contributed by atoms with Crippen LogP contribution in [0.2, 0.25) is 0 Å². The second-order valence-electron chi connectivity index (χ2n) is 15.3. The molecule has 0 heterocycles. The number of aliphatic hydroxyl groups excluding tert-OH is 1. The summed E-state index contributed by atoms with van der Waals surface area (Å²) in [6, 6.07) is 0. The summed E-state index contributed by atoms with van der Waals surface area (Å²) < 4.78 is 5.77. The van der Waals surface area contributed by atoms with Crippen LogP contribution in [0.5, 0.6) is 0 Å². The van der Waals surface area contributed by atoms with E-state index in [1.165, 1.54) is 6.92 Å². The summed E-state index contributed by atoms with van der Waals surface area (Å²) in [5.41, 5.74) is 0.306. The topological polar surface area (TPSA) is 83.8 Å². The maximum Gasteiger partial charge on any atom is 0.309 e. The summed E-state index contributed by atoms with van der Waals surface area (Å²) in [5, 5.41) is 21.9. The van der Waals surface area contributed by atoms with Crippen LogP contribution >= 0.6 is 0 Å². The first-order valence-electron chi connectivity index (χ1n) is 14.8. The first-order chi connectivity index (χ1) is 17.1. The highest BCUT2D eigenvalue weighted by Gasteiger charge is 2.72. The Morgan fingerprint density at radius 2 is 1.54 bits per heavy atom. The number of ether oxygens (including phenoxy) is 1. The van der Waals surface area contributed by atoms with Crippen molar-refractivity contribution >= 4 is 11.9 Å². The molecular formula is C32H50O5. The van der Waals surface area contributed by atoms with Crippen LogP contribution in [0.3, 0.4) is 0 Å². The van der Waals surface area contributed by atoms with Crippen LogP contribution in [-0.2, 0) is 14.3 Å². The normalized spacial score (nSPS) is 52.2. The molecule has 37 heavy (non-hydrogen) atoms. The third kappa shape index (κ3) is 3.37. The molecule has 0 aromatic heterocycles. The molecule has 11 atom stereocenters.